The Balaban J connectivity index is 2.00. The normalized spacial score (nSPS) is 13.0. The Morgan fingerprint density at radius 3 is 2.07 bits per heavy atom. The molecule has 1 unspecified atom stereocenters. The number of hydrogen-bond acceptors (Lipinski definition) is 4. The summed E-state index contributed by atoms with van der Waals surface area (Å²) in [7, 11) is 1.71. The fourth-order valence-corrected chi connectivity index (χ4v) is 4.17. The number of halogens is 1. The topological polar surface area (TPSA) is 81.8 Å². The number of urea groups is 1. The Labute approximate surface area is 177 Å². The third-order valence-electron chi connectivity index (χ3n) is 4.85. The maximum absolute atomic E-state index is 13.2. The van der Waals surface area contributed by atoms with Crippen molar-refractivity contribution in [3.05, 3.63) is 59.9 Å². The smallest absolute Gasteiger partial charge is 0.319 e. The molecule has 0 bridgehead atoms. The van der Waals surface area contributed by atoms with Crippen molar-refractivity contribution >= 4 is 21.7 Å². The zero-order chi connectivity index (χ0) is 22.5. The SMILES string of the molecule is CC(C)N(C)S(=O)(=O)c1ccc(NC(=O)NCC(c2ccc(F)cc2)N(C)C)cc1. The highest BCUT2D eigenvalue weighted by Crippen LogP contribution is 2.20. The van der Waals surface area contributed by atoms with Crippen molar-refractivity contribution in [1.29, 1.82) is 0 Å². The van der Waals surface area contributed by atoms with Gasteiger partial charge in [0.05, 0.1) is 10.9 Å². The highest BCUT2D eigenvalue weighted by molar-refractivity contribution is 7.89. The van der Waals surface area contributed by atoms with Crippen molar-refractivity contribution in [1.82, 2.24) is 14.5 Å². The first-order chi connectivity index (χ1) is 14.0. The molecule has 164 valence electrons. The van der Waals surface area contributed by atoms with E-state index in [4.69, 9.17) is 0 Å². The molecule has 2 rings (SSSR count). The van der Waals surface area contributed by atoms with Crippen LogP contribution in [0.2, 0.25) is 0 Å². The van der Waals surface area contributed by atoms with E-state index in [9.17, 15) is 17.6 Å². The lowest BCUT2D eigenvalue weighted by atomic mass is 10.1. The summed E-state index contributed by atoms with van der Waals surface area (Å²) in [6, 6.07) is 11.5. The Kier molecular flexibility index (Phi) is 7.94. The monoisotopic (exact) mass is 436 g/mol. The van der Waals surface area contributed by atoms with Gasteiger partial charge in [0.1, 0.15) is 5.82 Å². The van der Waals surface area contributed by atoms with Crippen LogP contribution in [-0.4, -0.2) is 57.4 Å². The molecular weight excluding hydrogens is 407 g/mol. The molecule has 0 saturated heterocycles. The lowest BCUT2D eigenvalue weighted by Crippen LogP contribution is -2.37. The summed E-state index contributed by atoms with van der Waals surface area (Å²) in [5.41, 5.74) is 1.35. The Morgan fingerprint density at radius 1 is 1.00 bits per heavy atom. The number of carbonyl (C=O) groups excluding carboxylic acids is 1. The first kappa shape index (κ1) is 23.8. The maximum atomic E-state index is 13.2. The molecular formula is C21H29FN4O3S. The first-order valence-electron chi connectivity index (χ1n) is 9.57. The molecule has 30 heavy (non-hydrogen) atoms. The summed E-state index contributed by atoms with van der Waals surface area (Å²) in [6.07, 6.45) is 0. The molecule has 2 aromatic carbocycles. The maximum Gasteiger partial charge on any atom is 0.319 e. The minimum atomic E-state index is -3.58. The fraction of sp³-hybridized carbons (Fsp3) is 0.381. The average molecular weight is 437 g/mol. The number of likely N-dealkylation sites (N-methyl/N-ethyl adjacent to an activating group) is 1. The van der Waals surface area contributed by atoms with E-state index in [2.05, 4.69) is 10.6 Å². The van der Waals surface area contributed by atoms with E-state index in [0.717, 1.165) is 5.56 Å². The van der Waals surface area contributed by atoms with E-state index >= 15 is 0 Å². The van der Waals surface area contributed by atoms with Crippen LogP contribution < -0.4 is 10.6 Å². The van der Waals surface area contributed by atoms with Crippen LogP contribution in [0.3, 0.4) is 0 Å². The van der Waals surface area contributed by atoms with Gasteiger partial charge in [-0.25, -0.2) is 17.6 Å². The highest BCUT2D eigenvalue weighted by atomic mass is 32.2. The van der Waals surface area contributed by atoms with Crippen LogP contribution in [0, 0.1) is 5.82 Å². The van der Waals surface area contributed by atoms with Crippen molar-refractivity contribution in [2.45, 2.75) is 30.8 Å². The van der Waals surface area contributed by atoms with Gasteiger partial charge in [-0.05, 0) is 69.9 Å². The summed E-state index contributed by atoms with van der Waals surface area (Å²) in [5.74, 6) is -0.313. The van der Waals surface area contributed by atoms with E-state index in [0.29, 0.717) is 12.2 Å². The van der Waals surface area contributed by atoms with Gasteiger partial charge in [0.15, 0.2) is 0 Å². The summed E-state index contributed by atoms with van der Waals surface area (Å²) < 4.78 is 39.5. The van der Waals surface area contributed by atoms with Crippen molar-refractivity contribution in [2.24, 2.45) is 0 Å². The minimum Gasteiger partial charge on any atom is -0.336 e. The van der Waals surface area contributed by atoms with Crippen LogP contribution in [-0.2, 0) is 10.0 Å². The van der Waals surface area contributed by atoms with Gasteiger partial charge < -0.3 is 15.5 Å². The number of carbonyl (C=O) groups is 1. The van der Waals surface area contributed by atoms with Gasteiger partial charge in [0, 0.05) is 25.3 Å². The molecule has 1 atom stereocenters. The molecule has 2 amide bonds. The molecule has 0 aliphatic rings. The number of rotatable bonds is 8. The van der Waals surface area contributed by atoms with E-state index in [1.54, 1.807) is 38.1 Å². The predicted octanol–water partition coefficient (Wildman–Crippen LogP) is 3.28. The Morgan fingerprint density at radius 2 is 1.57 bits per heavy atom. The number of sulfonamides is 1. The average Bonchev–Trinajstić information content (AvgIpc) is 2.69. The molecule has 0 aromatic heterocycles. The van der Waals surface area contributed by atoms with Crippen LogP contribution in [0.15, 0.2) is 53.4 Å². The number of nitrogens with zero attached hydrogens (tertiary/aromatic N) is 2. The zero-order valence-electron chi connectivity index (χ0n) is 17.9. The fourth-order valence-electron chi connectivity index (χ4n) is 2.80. The van der Waals surface area contributed by atoms with Gasteiger partial charge in [-0.3, -0.25) is 0 Å². The molecule has 7 nitrogen and oxygen atoms in total. The number of amides is 2. The third kappa shape index (κ3) is 6.01. The minimum absolute atomic E-state index is 0.129. The van der Waals surface area contributed by atoms with Gasteiger partial charge in [-0.15, -0.1) is 0 Å². The standard InChI is InChI=1S/C21H29FN4O3S/c1-15(2)26(5)30(28,29)19-12-10-18(11-13-19)24-21(27)23-14-20(25(3)4)16-6-8-17(22)9-7-16/h6-13,15,20H,14H2,1-5H3,(H2,23,24,27). The van der Waals surface area contributed by atoms with Gasteiger partial charge >= 0.3 is 6.03 Å². The molecule has 9 heteroatoms. The zero-order valence-corrected chi connectivity index (χ0v) is 18.7. The molecule has 0 spiro atoms. The molecule has 0 radical (unpaired) electrons. The van der Waals surface area contributed by atoms with E-state index in [-0.39, 0.29) is 22.8 Å². The number of benzene rings is 2. The van der Waals surface area contributed by atoms with Crippen LogP contribution in [0.4, 0.5) is 14.9 Å². The molecule has 2 aromatic rings. The van der Waals surface area contributed by atoms with Crippen molar-refractivity contribution in [3.63, 3.8) is 0 Å². The van der Waals surface area contributed by atoms with Crippen LogP contribution in [0.25, 0.3) is 0 Å². The van der Waals surface area contributed by atoms with Gasteiger partial charge in [0.2, 0.25) is 10.0 Å². The lowest BCUT2D eigenvalue weighted by molar-refractivity contribution is 0.243. The second-order valence-corrected chi connectivity index (χ2v) is 9.50. The summed E-state index contributed by atoms with van der Waals surface area (Å²) in [4.78, 5) is 14.4. The third-order valence-corrected chi connectivity index (χ3v) is 6.90. The predicted molar refractivity (Wildman–Crippen MR) is 116 cm³/mol. The Hall–Kier alpha value is -2.49. The Bertz CT molecular complexity index is 945. The highest BCUT2D eigenvalue weighted by Gasteiger charge is 2.23. The number of nitrogens with one attached hydrogen (secondary N) is 2. The van der Waals surface area contributed by atoms with Gasteiger partial charge in [0.25, 0.3) is 0 Å². The number of anilines is 1. The van der Waals surface area contributed by atoms with Crippen LogP contribution in [0.1, 0.15) is 25.5 Å². The van der Waals surface area contributed by atoms with Crippen molar-refractivity contribution < 1.29 is 17.6 Å². The summed E-state index contributed by atoms with van der Waals surface area (Å²) in [6.45, 7) is 3.91. The van der Waals surface area contributed by atoms with E-state index in [1.807, 2.05) is 19.0 Å². The second kappa shape index (κ2) is 10.0. The molecule has 0 fully saturated rings. The lowest BCUT2D eigenvalue weighted by Gasteiger charge is -2.25. The van der Waals surface area contributed by atoms with E-state index in [1.165, 1.54) is 35.6 Å². The quantitative estimate of drug-likeness (QED) is 0.665. The molecule has 0 heterocycles. The van der Waals surface area contributed by atoms with Gasteiger partial charge in [-0.1, -0.05) is 12.1 Å². The first-order valence-corrected chi connectivity index (χ1v) is 11.0. The molecule has 0 aliphatic carbocycles. The second-order valence-electron chi connectivity index (χ2n) is 7.51. The molecule has 0 saturated carbocycles. The molecule has 0 aliphatic heterocycles. The summed E-state index contributed by atoms with van der Waals surface area (Å²) in [5, 5.41) is 5.48. The number of hydrogen-bond donors (Lipinski definition) is 2. The largest absolute Gasteiger partial charge is 0.336 e. The molecule has 2 N–H and O–H groups in total. The summed E-state index contributed by atoms with van der Waals surface area (Å²) >= 11 is 0. The van der Waals surface area contributed by atoms with Crippen LogP contribution in [0.5, 0.6) is 0 Å². The van der Waals surface area contributed by atoms with Gasteiger partial charge in [-0.2, -0.15) is 4.31 Å². The van der Waals surface area contributed by atoms with Crippen molar-refractivity contribution in [2.75, 3.05) is 33.0 Å². The van der Waals surface area contributed by atoms with E-state index < -0.39 is 16.1 Å². The van der Waals surface area contributed by atoms with Crippen molar-refractivity contribution in [3.8, 4) is 0 Å². The van der Waals surface area contributed by atoms with Crippen LogP contribution >= 0.6 is 0 Å².